The second-order valence-corrected chi connectivity index (χ2v) is 6.82. The smallest absolute Gasteiger partial charge is 0.252 e. The monoisotopic (exact) mass is 393 g/mol. The van der Waals surface area contributed by atoms with Crippen LogP contribution in [-0.2, 0) is 7.05 Å². The van der Waals surface area contributed by atoms with Crippen LogP contribution < -0.4 is 5.32 Å². The van der Waals surface area contributed by atoms with Gasteiger partial charge in [-0.1, -0.05) is 46.9 Å². The van der Waals surface area contributed by atoms with E-state index in [0.717, 1.165) is 5.56 Å². The van der Waals surface area contributed by atoms with E-state index in [2.05, 4.69) is 10.3 Å². The minimum absolute atomic E-state index is 0.299. The Morgan fingerprint density at radius 2 is 1.68 bits per heavy atom. The number of imidazole rings is 1. The molecule has 0 bridgehead atoms. The predicted molar refractivity (Wildman–Crippen MR) is 100 cm³/mol. The number of hydrogen-bond donors (Lipinski definition) is 1. The largest absolute Gasteiger partial charge is 0.338 e. The Morgan fingerprint density at radius 3 is 2.24 bits per heavy atom. The lowest BCUT2D eigenvalue weighted by atomic mass is 10.1. The van der Waals surface area contributed by atoms with Crippen molar-refractivity contribution in [2.75, 3.05) is 0 Å². The van der Waals surface area contributed by atoms with E-state index in [1.54, 1.807) is 36.5 Å². The van der Waals surface area contributed by atoms with Crippen LogP contribution in [-0.4, -0.2) is 15.5 Å². The van der Waals surface area contributed by atoms with Gasteiger partial charge in [-0.15, -0.1) is 0 Å². The molecule has 4 nitrogen and oxygen atoms in total. The first-order chi connectivity index (χ1) is 11.9. The molecule has 2 aromatic carbocycles. The standard InChI is InChI=1S/C18H14Cl3N3O/c1-24-7-6-22-17(24)16(11-2-4-13(19)5-3-11)23-18(25)12-8-14(20)10-15(21)9-12/h2-10,16H,1H3,(H,23,25)/t16-/m0/s1. The molecule has 0 aliphatic rings. The van der Waals surface area contributed by atoms with Crippen LogP contribution in [0.2, 0.25) is 15.1 Å². The summed E-state index contributed by atoms with van der Waals surface area (Å²) in [6.07, 6.45) is 3.50. The molecule has 0 saturated carbocycles. The Hall–Kier alpha value is -2.01. The quantitative estimate of drug-likeness (QED) is 0.684. The van der Waals surface area contributed by atoms with Crippen molar-refractivity contribution in [3.05, 3.63) is 86.9 Å². The highest BCUT2D eigenvalue weighted by Crippen LogP contribution is 2.24. The fraction of sp³-hybridized carbons (Fsp3) is 0.111. The van der Waals surface area contributed by atoms with Crippen LogP contribution in [0.1, 0.15) is 27.8 Å². The zero-order valence-corrected chi connectivity index (χ0v) is 15.5. The number of halogens is 3. The van der Waals surface area contributed by atoms with E-state index in [0.29, 0.717) is 26.5 Å². The van der Waals surface area contributed by atoms with Gasteiger partial charge >= 0.3 is 0 Å². The third kappa shape index (κ3) is 4.15. The van der Waals surface area contributed by atoms with Crippen LogP contribution in [0.15, 0.2) is 54.9 Å². The SMILES string of the molecule is Cn1ccnc1[C@@H](NC(=O)c1cc(Cl)cc(Cl)c1)c1ccc(Cl)cc1. The summed E-state index contributed by atoms with van der Waals surface area (Å²) in [7, 11) is 1.87. The van der Waals surface area contributed by atoms with E-state index in [1.807, 2.05) is 29.9 Å². The third-order valence-electron chi connectivity index (χ3n) is 3.72. The number of amides is 1. The predicted octanol–water partition coefficient (Wildman–Crippen LogP) is 4.90. The second kappa shape index (κ2) is 7.48. The highest BCUT2D eigenvalue weighted by Gasteiger charge is 2.21. The molecule has 0 fully saturated rings. The van der Waals surface area contributed by atoms with Gasteiger partial charge in [-0.2, -0.15) is 0 Å². The maximum atomic E-state index is 12.7. The van der Waals surface area contributed by atoms with Gasteiger partial charge in [-0.05, 0) is 35.9 Å². The summed E-state index contributed by atoms with van der Waals surface area (Å²) >= 11 is 18.0. The molecule has 1 aromatic heterocycles. The summed E-state index contributed by atoms with van der Waals surface area (Å²) < 4.78 is 1.85. The van der Waals surface area contributed by atoms with Crippen LogP contribution in [0, 0.1) is 0 Å². The number of aromatic nitrogens is 2. The summed E-state index contributed by atoms with van der Waals surface area (Å²) in [6, 6.07) is 11.5. The Balaban J connectivity index is 1.96. The first-order valence-electron chi connectivity index (χ1n) is 7.43. The van der Waals surface area contributed by atoms with E-state index >= 15 is 0 Å². The summed E-state index contributed by atoms with van der Waals surface area (Å²) in [6.45, 7) is 0. The van der Waals surface area contributed by atoms with Crippen LogP contribution in [0.5, 0.6) is 0 Å². The minimum atomic E-state index is -0.442. The van der Waals surface area contributed by atoms with Crippen LogP contribution in [0.25, 0.3) is 0 Å². The molecule has 128 valence electrons. The Kier molecular flexibility index (Phi) is 5.33. The summed E-state index contributed by atoms with van der Waals surface area (Å²) in [5, 5.41) is 4.41. The molecule has 1 heterocycles. The van der Waals surface area contributed by atoms with E-state index in [4.69, 9.17) is 34.8 Å². The highest BCUT2D eigenvalue weighted by atomic mass is 35.5. The number of nitrogens with one attached hydrogen (secondary N) is 1. The van der Waals surface area contributed by atoms with Crippen LogP contribution in [0.4, 0.5) is 0 Å². The molecule has 0 saturated heterocycles. The molecule has 0 aliphatic heterocycles. The lowest BCUT2D eigenvalue weighted by Gasteiger charge is -2.19. The number of nitrogens with zero attached hydrogens (tertiary/aromatic N) is 2. The number of carbonyl (C=O) groups is 1. The molecule has 25 heavy (non-hydrogen) atoms. The van der Waals surface area contributed by atoms with Crippen LogP contribution in [0.3, 0.4) is 0 Å². The topological polar surface area (TPSA) is 46.9 Å². The van der Waals surface area contributed by atoms with E-state index in [1.165, 1.54) is 0 Å². The molecule has 0 radical (unpaired) electrons. The van der Waals surface area contributed by atoms with Crippen molar-refractivity contribution >= 4 is 40.7 Å². The van der Waals surface area contributed by atoms with Gasteiger partial charge in [-0.3, -0.25) is 4.79 Å². The Morgan fingerprint density at radius 1 is 1.04 bits per heavy atom. The number of hydrogen-bond acceptors (Lipinski definition) is 2. The first-order valence-corrected chi connectivity index (χ1v) is 8.57. The van der Waals surface area contributed by atoms with Crippen molar-refractivity contribution in [3.63, 3.8) is 0 Å². The van der Waals surface area contributed by atoms with Gasteiger partial charge in [0.25, 0.3) is 5.91 Å². The molecule has 1 amide bonds. The zero-order chi connectivity index (χ0) is 18.0. The van der Waals surface area contributed by atoms with Gasteiger partial charge in [0.05, 0.1) is 0 Å². The number of carbonyl (C=O) groups excluding carboxylic acids is 1. The third-order valence-corrected chi connectivity index (χ3v) is 4.41. The molecule has 7 heteroatoms. The molecule has 0 aliphatic carbocycles. The average Bonchev–Trinajstić information content (AvgIpc) is 2.98. The molecular formula is C18H14Cl3N3O. The fourth-order valence-corrected chi connectivity index (χ4v) is 3.16. The van der Waals surface area contributed by atoms with Crippen LogP contribution >= 0.6 is 34.8 Å². The van der Waals surface area contributed by atoms with Gasteiger partial charge in [0.15, 0.2) is 0 Å². The molecule has 3 aromatic rings. The maximum Gasteiger partial charge on any atom is 0.252 e. The average molecular weight is 395 g/mol. The maximum absolute atomic E-state index is 12.7. The van der Waals surface area contributed by atoms with Gasteiger partial charge in [0.2, 0.25) is 0 Å². The molecule has 0 unspecified atom stereocenters. The van der Waals surface area contributed by atoms with Gasteiger partial charge in [0.1, 0.15) is 11.9 Å². The summed E-state index contributed by atoms with van der Waals surface area (Å²) in [4.78, 5) is 17.1. The fourth-order valence-electron chi connectivity index (χ4n) is 2.51. The molecular weight excluding hydrogens is 381 g/mol. The lowest BCUT2D eigenvalue weighted by molar-refractivity contribution is 0.0941. The summed E-state index contributed by atoms with van der Waals surface area (Å²) in [5.41, 5.74) is 1.24. The molecule has 1 atom stereocenters. The van der Waals surface area contributed by atoms with Crippen molar-refractivity contribution in [2.45, 2.75) is 6.04 Å². The summed E-state index contributed by atoms with van der Waals surface area (Å²) in [5.74, 6) is 0.399. The van der Waals surface area contributed by atoms with E-state index in [-0.39, 0.29) is 5.91 Å². The normalized spacial score (nSPS) is 12.0. The molecule has 3 rings (SSSR count). The Bertz CT molecular complexity index is 886. The van der Waals surface area contributed by atoms with Gasteiger partial charge in [0, 0.05) is 40.1 Å². The Labute approximate surface area is 160 Å². The van der Waals surface area contributed by atoms with Crippen molar-refractivity contribution < 1.29 is 4.79 Å². The van der Waals surface area contributed by atoms with E-state index < -0.39 is 6.04 Å². The van der Waals surface area contributed by atoms with Crippen molar-refractivity contribution in [3.8, 4) is 0 Å². The minimum Gasteiger partial charge on any atom is -0.338 e. The molecule has 0 spiro atoms. The highest BCUT2D eigenvalue weighted by molar-refractivity contribution is 6.35. The number of rotatable bonds is 4. The van der Waals surface area contributed by atoms with Crippen molar-refractivity contribution in [1.29, 1.82) is 0 Å². The van der Waals surface area contributed by atoms with Gasteiger partial charge in [-0.25, -0.2) is 4.98 Å². The zero-order valence-electron chi connectivity index (χ0n) is 13.2. The number of aryl methyl sites for hydroxylation is 1. The molecule has 1 N–H and O–H groups in total. The van der Waals surface area contributed by atoms with Crippen molar-refractivity contribution in [2.24, 2.45) is 7.05 Å². The number of benzene rings is 2. The first kappa shape index (κ1) is 17.8. The van der Waals surface area contributed by atoms with Crippen molar-refractivity contribution in [1.82, 2.24) is 14.9 Å². The van der Waals surface area contributed by atoms with Gasteiger partial charge < -0.3 is 9.88 Å². The lowest BCUT2D eigenvalue weighted by Crippen LogP contribution is -2.31. The van der Waals surface area contributed by atoms with E-state index in [9.17, 15) is 4.79 Å². The second-order valence-electron chi connectivity index (χ2n) is 5.51.